The van der Waals surface area contributed by atoms with Gasteiger partial charge in [0.2, 0.25) is 11.0 Å². The van der Waals surface area contributed by atoms with Gasteiger partial charge < -0.3 is 5.43 Å². The van der Waals surface area contributed by atoms with E-state index in [-0.39, 0.29) is 16.5 Å². The molecular formula is C6H7N9O2S. The van der Waals surface area contributed by atoms with Crippen molar-refractivity contribution in [2.45, 2.75) is 10.2 Å². The second kappa shape index (κ2) is 4.89. The third-order valence-corrected chi connectivity index (χ3v) is 2.90. The second-order valence-corrected chi connectivity index (χ2v) is 3.92. The van der Waals surface area contributed by atoms with E-state index in [1.54, 1.807) is 7.05 Å². The molecule has 0 aromatic carbocycles. The summed E-state index contributed by atoms with van der Waals surface area (Å²) in [5.41, 5.74) is 1.82. The Bertz CT molecular complexity index is 584. The van der Waals surface area contributed by atoms with E-state index in [4.69, 9.17) is 5.84 Å². The smallest absolute Gasteiger partial charge is 0.303 e. The molecule has 0 aliphatic carbocycles. The third-order valence-electron chi connectivity index (χ3n) is 1.88. The quantitative estimate of drug-likeness (QED) is 0.317. The van der Waals surface area contributed by atoms with Crippen molar-refractivity contribution >= 4 is 23.3 Å². The summed E-state index contributed by atoms with van der Waals surface area (Å²) >= 11 is 0.944. The van der Waals surface area contributed by atoms with Crippen LogP contribution in [0.15, 0.2) is 16.5 Å². The second-order valence-electron chi connectivity index (χ2n) is 2.96. The van der Waals surface area contributed by atoms with Crippen LogP contribution in [-0.2, 0) is 7.05 Å². The van der Waals surface area contributed by atoms with Crippen LogP contribution in [0.5, 0.6) is 0 Å². The van der Waals surface area contributed by atoms with Gasteiger partial charge in [-0.05, 0) is 22.2 Å². The molecule has 3 N–H and O–H groups in total. The van der Waals surface area contributed by atoms with Gasteiger partial charge in [-0.15, -0.1) is 5.10 Å². The molecule has 0 spiro atoms. The summed E-state index contributed by atoms with van der Waals surface area (Å²) in [5, 5.41) is 22.2. The summed E-state index contributed by atoms with van der Waals surface area (Å²) in [4.78, 5) is 17.8. The molecule has 2 aromatic heterocycles. The van der Waals surface area contributed by atoms with Crippen LogP contribution in [0.4, 0.5) is 11.5 Å². The lowest BCUT2D eigenvalue weighted by molar-refractivity contribution is -0.387. The van der Waals surface area contributed by atoms with E-state index in [0.717, 1.165) is 18.1 Å². The molecule has 0 radical (unpaired) electrons. The Hall–Kier alpha value is -2.34. The molecule has 0 bridgehead atoms. The number of nitro groups is 1. The molecule has 0 saturated carbocycles. The van der Waals surface area contributed by atoms with Gasteiger partial charge in [-0.1, -0.05) is 0 Å². The Labute approximate surface area is 104 Å². The van der Waals surface area contributed by atoms with E-state index in [0.29, 0.717) is 5.16 Å². The zero-order valence-electron chi connectivity index (χ0n) is 9.01. The fourth-order valence-electron chi connectivity index (χ4n) is 1.10. The molecule has 0 unspecified atom stereocenters. The number of anilines is 1. The van der Waals surface area contributed by atoms with Crippen molar-refractivity contribution in [1.29, 1.82) is 0 Å². The van der Waals surface area contributed by atoms with Crippen LogP contribution in [0, 0.1) is 10.1 Å². The molecule has 0 saturated heterocycles. The molecule has 12 heteroatoms. The van der Waals surface area contributed by atoms with Gasteiger partial charge in [0.15, 0.2) is 5.03 Å². The van der Waals surface area contributed by atoms with Crippen LogP contribution >= 0.6 is 11.8 Å². The van der Waals surface area contributed by atoms with Crippen molar-refractivity contribution in [3.8, 4) is 0 Å². The fraction of sp³-hybridized carbons (Fsp3) is 0.167. The van der Waals surface area contributed by atoms with Crippen LogP contribution in [0.1, 0.15) is 0 Å². The molecule has 0 amide bonds. The summed E-state index contributed by atoms with van der Waals surface area (Å²) in [6.07, 6.45) is 1.16. The Kier molecular flexibility index (Phi) is 3.29. The van der Waals surface area contributed by atoms with Gasteiger partial charge in [0.05, 0.1) is 4.92 Å². The molecule has 0 aliphatic heterocycles. The lowest BCUT2D eigenvalue weighted by Crippen LogP contribution is -2.12. The van der Waals surface area contributed by atoms with Crippen molar-refractivity contribution in [2.24, 2.45) is 12.9 Å². The number of hydrazine groups is 1. The Morgan fingerprint density at radius 2 is 2.33 bits per heavy atom. The minimum atomic E-state index is -0.624. The van der Waals surface area contributed by atoms with Gasteiger partial charge in [-0.25, -0.2) is 20.5 Å². The Morgan fingerprint density at radius 1 is 1.56 bits per heavy atom. The Morgan fingerprint density at radius 3 is 2.89 bits per heavy atom. The number of hydrogen-bond donors (Lipinski definition) is 2. The van der Waals surface area contributed by atoms with Crippen molar-refractivity contribution in [1.82, 2.24) is 30.2 Å². The van der Waals surface area contributed by atoms with Crippen LogP contribution < -0.4 is 11.3 Å². The first-order valence-corrected chi connectivity index (χ1v) is 5.31. The third kappa shape index (κ3) is 2.18. The van der Waals surface area contributed by atoms with E-state index in [9.17, 15) is 10.1 Å². The van der Waals surface area contributed by atoms with Gasteiger partial charge in [0.1, 0.15) is 6.33 Å². The van der Waals surface area contributed by atoms with E-state index in [2.05, 4.69) is 30.9 Å². The average Bonchev–Trinajstić information content (AvgIpc) is 2.74. The Balaban J connectivity index is 2.44. The monoisotopic (exact) mass is 269 g/mol. The first-order valence-electron chi connectivity index (χ1n) is 4.49. The summed E-state index contributed by atoms with van der Waals surface area (Å²) < 4.78 is 1.37. The van der Waals surface area contributed by atoms with E-state index in [1.165, 1.54) is 4.68 Å². The first-order chi connectivity index (χ1) is 8.63. The lowest BCUT2D eigenvalue weighted by atomic mass is 10.5. The normalized spacial score (nSPS) is 10.3. The number of aromatic nitrogens is 6. The van der Waals surface area contributed by atoms with Crippen molar-refractivity contribution in [2.75, 3.05) is 5.43 Å². The SMILES string of the molecule is Cn1nnnc1Sc1ncnc(NN)c1[N+](=O)[O-]. The van der Waals surface area contributed by atoms with E-state index in [1.807, 2.05) is 0 Å². The maximum absolute atomic E-state index is 11.0. The number of nitrogens with two attached hydrogens (primary N) is 1. The predicted octanol–water partition coefficient (Wildman–Crippen LogP) is -0.655. The largest absolute Gasteiger partial charge is 0.345 e. The van der Waals surface area contributed by atoms with E-state index >= 15 is 0 Å². The number of tetrazole rings is 1. The van der Waals surface area contributed by atoms with Crippen LogP contribution in [0.2, 0.25) is 0 Å². The molecule has 18 heavy (non-hydrogen) atoms. The van der Waals surface area contributed by atoms with Crippen molar-refractivity contribution < 1.29 is 4.92 Å². The number of nitrogens with one attached hydrogen (secondary N) is 1. The van der Waals surface area contributed by atoms with Gasteiger partial charge in [-0.3, -0.25) is 10.1 Å². The van der Waals surface area contributed by atoms with Crippen molar-refractivity contribution in [3.05, 3.63) is 16.4 Å². The zero-order chi connectivity index (χ0) is 13.1. The molecule has 2 aromatic rings. The highest BCUT2D eigenvalue weighted by atomic mass is 32.2. The van der Waals surface area contributed by atoms with Crippen LogP contribution in [0.3, 0.4) is 0 Å². The summed E-state index contributed by atoms with van der Waals surface area (Å²) in [6, 6.07) is 0. The standard InChI is InChI=1S/C6H7N9O2S/c1-14-6(11-12-13-14)18-5-3(15(16)17)4(10-7)8-2-9-5/h2H,7H2,1H3,(H,8,9,10). The van der Waals surface area contributed by atoms with Gasteiger partial charge in [0, 0.05) is 7.05 Å². The van der Waals surface area contributed by atoms with Crippen molar-refractivity contribution in [3.63, 3.8) is 0 Å². The predicted molar refractivity (Wildman–Crippen MR) is 59.4 cm³/mol. The summed E-state index contributed by atoms with van der Waals surface area (Å²) in [5.74, 6) is 5.08. The number of hydrogen-bond acceptors (Lipinski definition) is 10. The minimum Gasteiger partial charge on any atom is -0.303 e. The average molecular weight is 269 g/mol. The van der Waals surface area contributed by atoms with Crippen LogP contribution in [0.25, 0.3) is 0 Å². The number of aryl methyl sites for hydroxylation is 1. The molecule has 2 heterocycles. The minimum absolute atomic E-state index is 0.0763. The molecule has 94 valence electrons. The zero-order valence-corrected chi connectivity index (χ0v) is 9.83. The maximum Gasteiger partial charge on any atom is 0.345 e. The van der Waals surface area contributed by atoms with Crippen LogP contribution in [-0.4, -0.2) is 35.1 Å². The fourth-order valence-corrected chi connectivity index (χ4v) is 1.89. The highest BCUT2D eigenvalue weighted by Gasteiger charge is 2.24. The topological polar surface area (TPSA) is 151 Å². The molecule has 2 rings (SSSR count). The molecule has 11 nitrogen and oxygen atoms in total. The highest BCUT2D eigenvalue weighted by molar-refractivity contribution is 7.99. The summed E-state index contributed by atoms with van der Waals surface area (Å²) in [7, 11) is 1.61. The van der Waals surface area contributed by atoms with Gasteiger partial charge in [-0.2, -0.15) is 0 Å². The van der Waals surface area contributed by atoms with E-state index < -0.39 is 4.92 Å². The number of rotatable bonds is 4. The summed E-state index contributed by atoms with van der Waals surface area (Å²) in [6.45, 7) is 0. The molecule has 0 atom stereocenters. The number of nitrogen functional groups attached to an aromatic ring is 1. The van der Waals surface area contributed by atoms with Gasteiger partial charge in [0.25, 0.3) is 0 Å². The molecule has 0 fully saturated rings. The first kappa shape index (κ1) is 12.1. The highest BCUT2D eigenvalue weighted by Crippen LogP contribution is 2.34. The molecular weight excluding hydrogens is 262 g/mol. The lowest BCUT2D eigenvalue weighted by Gasteiger charge is -2.03. The number of nitrogens with zero attached hydrogens (tertiary/aromatic N) is 7. The van der Waals surface area contributed by atoms with Gasteiger partial charge >= 0.3 is 5.69 Å². The molecule has 0 aliphatic rings. The maximum atomic E-state index is 11.0.